The molecule has 2 aromatic carbocycles. The van der Waals surface area contributed by atoms with Crippen LogP contribution in [0.3, 0.4) is 0 Å². The van der Waals surface area contributed by atoms with Gasteiger partial charge in [-0.05, 0) is 37.3 Å². The van der Waals surface area contributed by atoms with E-state index in [1.807, 2.05) is 0 Å². The first-order valence-corrected chi connectivity index (χ1v) is 8.73. The predicted octanol–water partition coefficient (Wildman–Crippen LogP) is 4.31. The summed E-state index contributed by atoms with van der Waals surface area (Å²) in [6, 6.07) is 9.23. The van der Waals surface area contributed by atoms with E-state index in [2.05, 4.69) is 5.32 Å². The number of ether oxygens (including phenoxy) is 3. The van der Waals surface area contributed by atoms with Crippen molar-refractivity contribution in [2.24, 2.45) is 0 Å². The van der Waals surface area contributed by atoms with E-state index in [1.54, 1.807) is 18.2 Å². The molecule has 0 aromatic heterocycles. The average Bonchev–Trinajstić information content (AvgIpc) is 2.71. The van der Waals surface area contributed by atoms with E-state index in [9.17, 15) is 22.8 Å². The van der Waals surface area contributed by atoms with E-state index in [0.717, 1.165) is 18.2 Å². The number of amides is 1. The fourth-order valence-corrected chi connectivity index (χ4v) is 2.49. The molecule has 0 radical (unpaired) electrons. The van der Waals surface area contributed by atoms with Crippen molar-refractivity contribution in [2.75, 3.05) is 19.5 Å². The average molecular weight is 423 g/mol. The molecule has 0 spiro atoms. The zero-order chi connectivity index (χ0) is 22.3. The van der Waals surface area contributed by atoms with Gasteiger partial charge < -0.3 is 19.5 Å². The van der Waals surface area contributed by atoms with Gasteiger partial charge in [0, 0.05) is 17.3 Å². The summed E-state index contributed by atoms with van der Waals surface area (Å²) in [5, 5.41) is 2.29. The lowest BCUT2D eigenvalue weighted by molar-refractivity contribution is -0.148. The zero-order valence-corrected chi connectivity index (χ0v) is 16.4. The number of nitrogens with one attached hydrogen (secondary N) is 1. The number of hydrogen-bond donors (Lipinski definition) is 1. The maximum atomic E-state index is 12.8. The topological polar surface area (TPSA) is 73.9 Å². The molecule has 0 bridgehead atoms. The van der Waals surface area contributed by atoms with Crippen LogP contribution >= 0.6 is 0 Å². The molecule has 1 N–H and O–H groups in total. The van der Waals surface area contributed by atoms with Gasteiger partial charge in [-0.1, -0.05) is 18.2 Å². The summed E-state index contributed by atoms with van der Waals surface area (Å²) in [6.45, 7) is 1.31. The van der Waals surface area contributed by atoms with Gasteiger partial charge in [0.15, 0.2) is 17.6 Å². The van der Waals surface area contributed by atoms with Crippen LogP contribution in [0.2, 0.25) is 0 Å². The third kappa shape index (κ3) is 6.00. The summed E-state index contributed by atoms with van der Waals surface area (Å²) < 4.78 is 53.7. The fourth-order valence-electron chi connectivity index (χ4n) is 2.49. The Kier molecular flexibility index (Phi) is 7.46. The van der Waals surface area contributed by atoms with E-state index in [0.29, 0.717) is 17.1 Å². The van der Waals surface area contributed by atoms with E-state index in [4.69, 9.17) is 14.2 Å². The molecule has 30 heavy (non-hydrogen) atoms. The lowest BCUT2D eigenvalue weighted by atomic mass is 10.1. The number of anilines is 1. The molecule has 160 valence electrons. The molecule has 1 amide bonds. The van der Waals surface area contributed by atoms with Crippen molar-refractivity contribution in [2.45, 2.75) is 19.2 Å². The van der Waals surface area contributed by atoms with Gasteiger partial charge in [0.05, 0.1) is 19.8 Å². The number of benzene rings is 2. The van der Waals surface area contributed by atoms with E-state index in [1.165, 1.54) is 39.4 Å². The second-order valence-electron chi connectivity index (χ2n) is 6.06. The standard InChI is InChI=1S/C21H20F3NO5/c1-13(20(27)25-16-8-5-7-15(12-16)21(22,23)24)30-18(26)11-10-14-6-4-9-17(28-2)19(14)29-3/h4-13H,1-3H3,(H,25,27)/b11-10+/t13-/m1/s1. The summed E-state index contributed by atoms with van der Waals surface area (Å²) >= 11 is 0. The van der Waals surface area contributed by atoms with Crippen LogP contribution < -0.4 is 14.8 Å². The second-order valence-corrected chi connectivity index (χ2v) is 6.06. The van der Waals surface area contributed by atoms with Gasteiger partial charge in [-0.15, -0.1) is 0 Å². The monoisotopic (exact) mass is 423 g/mol. The Bertz CT molecular complexity index is 940. The van der Waals surface area contributed by atoms with Crippen molar-refractivity contribution < 1.29 is 37.0 Å². The number of rotatable bonds is 7. The Hall–Kier alpha value is -3.49. The molecule has 0 unspecified atom stereocenters. The van der Waals surface area contributed by atoms with Crippen molar-refractivity contribution in [3.8, 4) is 11.5 Å². The first-order chi connectivity index (χ1) is 14.2. The number of methoxy groups -OCH3 is 2. The molecule has 2 aromatic rings. The quantitative estimate of drug-likeness (QED) is 0.531. The summed E-state index contributed by atoms with van der Waals surface area (Å²) in [5.74, 6) is -0.692. The van der Waals surface area contributed by atoms with Crippen molar-refractivity contribution in [3.05, 3.63) is 59.7 Å². The zero-order valence-electron chi connectivity index (χ0n) is 16.4. The Morgan fingerprint density at radius 2 is 1.77 bits per heavy atom. The van der Waals surface area contributed by atoms with Crippen LogP contribution in [0.1, 0.15) is 18.1 Å². The molecule has 0 saturated carbocycles. The van der Waals surface area contributed by atoms with Crippen molar-refractivity contribution in [3.63, 3.8) is 0 Å². The predicted molar refractivity (Wildman–Crippen MR) is 104 cm³/mol. The molecule has 1 atom stereocenters. The summed E-state index contributed by atoms with van der Waals surface area (Å²) in [5.41, 5.74) is -0.413. The second kappa shape index (κ2) is 9.82. The molecule has 0 fully saturated rings. The largest absolute Gasteiger partial charge is 0.493 e. The van der Waals surface area contributed by atoms with E-state index >= 15 is 0 Å². The van der Waals surface area contributed by atoms with Gasteiger partial charge in [0.2, 0.25) is 0 Å². The highest BCUT2D eigenvalue weighted by molar-refractivity contribution is 5.96. The Morgan fingerprint density at radius 3 is 2.40 bits per heavy atom. The Labute approximate surface area is 171 Å². The maximum absolute atomic E-state index is 12.8. The van der Waals surface area contributed by atoms with Gasteiger partial charge >= 0.3 is 12.1 Å². The lowest BCUT2D eigenvalue weighted by Gasteiger charge is -2.14. The lowest BCUT2D eigenvalue weighted by Crippen LogP contribution is -2.29. The smallest absolute Gasteiger partial charge is 0.416 e. The first kappa shape index (κ1) is 22.8. The van der Waals surface area contributed by atoms with Gasteiger partial charge in [-0.25, -0.2) is 4.79 Å². The van der Waals surface area contributed by atoms with Crippen molar-refractivity contribution in [1.29, 1.82) is 0 Å². The molecule has 0 saturated heterocycles. The van der Waals surface area contributed by atoms with Crippen molar-refractivity contribution in [1.82, 2.24) is 0 Å². The summed E-state index contributed by atoms with van der Waals surface area (Å²) in [7, 11) is 2.93. The van der Waals surface area contributed by atoms with Crippen molar-refractivity contribution >= 4 is 23.6 Å². The minimum absolute atomic E-state index is 0.0608. The third-order valence-electron chi connectivity index (χ3n) is 3.95. The van der Waals surface area contributed by atoms with Crippen LogP contribution in [0.4, 0.5) is 18.9 Å². The molecule has 0 aliphatic rings. The normalized spacial score (nSPS) is 12.3. The minimum Gasteiger partial charge on any atom is -0.493 e. The van der Waals surface area contributed by atoms with Crippen LogP contribution in [-0.2, 0) is 20.5 Å². The maximum Gasteiger partial charge on any atom is 0.416 e. The van der Waals surface area contributed by atoms with E-state index < -0.39 is 29.7 Å². The summed E-state index contributed by atoms with van der Waals surface area (Å²) in [4.78, 5) is 24.2. The number of alkyl halides is 3. The highest BCUT2D eigenvalue weighted by Crippen LogP contribution is 2.32. The molecule has 0 aliphatic heterocycles. The van der Waals surface area contributed by atoms with Gasteiger partial charge in [0.1, 0.15) is 0 Å². The molecule has 6 nitrogen and oxygen atoms in total. The molecular formula is C21H20F3NO5. The van der Waals surface area contributed by atoms with Gasteiger partial charge in [0.25, 0.3) is 5.91 Å². The Morgan fingerprint density at radius 1 is 1.07 bits per heavy atom. The van der Waals surface area contributed by atoms with Gasteiger partial charge in [-0.3, -0.25) is 4.79 Å². The highest BCUT2D eigenvalue weighted by atomic mass is 19.4. The molecule has 2 rings (SSSR count). The highest BCUT2D eigenvalue weighted by Gasteiger charge is 2.30. The van der Waals surface area contributed by atoms with Crippen LogP contribution in [0.15, 0.2) is 48.5 Å². The van der Waals surface area contributed by atoms with Crippen LogP contribution in [0.5, 0.6) is 11.5 Å². The number of para-hydroxylation sites is 1. The minimum atomic E-state index is -4.54. The molecule has 9 heteroatoms. The van der Waals surface area contributed by atoms with E-state index in [-0.39, 0.29) is 5.69 Å². The number of carbonyl (C=O) groups excluding carboxylic acids is 2. The van der Waals surface area contributed by atoms with Crippen LogP contribution in [-0.4, -0.2) is 32.2 Å². The Balaban J connectivity index is 2.01. The SMILES string of the molecule is COc1cccc(/C=C/C(=O)O[C@H](C)C(=O)Nc2cccc(C(F)(F)F)c2)c1OC. The van der Waals surface area contributed by atoms with Crippen LogP contribution in [0, 0.1) is 0 Å². The molecule has 0 aliphatic carbocycles. The first-order valence-electron chi connectivity index (χ1n) is 8.73. The molecule has 0 heterocycles. The number of halogens is 3. The van der Waals surface area contributed by atoms with Crippen LogP contribution in [0.25, 0.3) is 6.08 Å². The summed E-state index contributed by atoms with van der Waals surface area (Å²) in [6.07, 6.45) is -3.24. The fraction of sp³-hybridized carbons (Fsp3) is 0.238. The number of esters is 1. The molecular weight excluding hydrogens is 403 g/mol. The number of carbonyl (C=O) groups is 2. The number of hydrogen-bond acceptors (Lipinski definition) is 5. The van der Waals surface area contributed by atoms with Gasteiger partial charge in [-0.2, -0.15) is 13.2 Å². The third-order valence-corrected chi connectivity index (χ3v) is 3.95.